The minimum Gasteiger partial charge on any atom is -0.462 e. The smallest absolute Gasteiger partial charge is 0.462 e. The van der Waals surface area contributed by atoms with Crippen LogP contribution in [0, 0.1) is 0 Å². The number of unbranched alkanes of at least 4 members (excludes halogenated alkanes) is 50. The third-order valence-electron chi connectivity index (χ3n) is 25.2. The Bertz CT molecular complexity index is 3230. The van der Waals surface area contributed by atoms with Crippen LogP contribution in [0.15, 0.2) is 0 Å². The number of aliphatic hydroxyl groups is 4. The first-order valence-electron chi connectivity index (χ1n) is 53.7. The van der Waals surface area contributed by atoms with Crippen molar-refractivity contribution in [2.45, 2.75) is 564 Å². The lowest BCUT2D eigenvalue weighted by atomic mass is 9.95. The van der Waals surface area contributed by atoms with Gasteiger partial charge in [0.15, 0.2) is 24.8 Å². The summed E-state index contributed by atoms with van der Waals surface area (Å²) < 4.78 is 125. The third-order valence-corrected chi connectivity index (χ3v) is 31.2. The Hall–Kier alpha value is -2.94. The maximum atomic E-state index is 15.5. The van der Waals surface area contributed by atoms with Crippen LogP contribution in [0.3, 0.4) is 0 Å². The van der Waals surface area contributed by atoms with Gasteiger partial charge in [0.25, 0.3) is 0 Å². The highest BCUT2D eigenvalue weighted by Gasteiger charge is 2.56. The highest BCUT2D eigenvalue weighted by Crippen LogP contribution is 2.63. The number of amides is 2. The molecule has 136 heavy (non-hydrogen) atoms. The molecule has 0 aromatic carbocycles. The first-order chi connectivity index (χ1) is 65.3. The summed E-state index contributed by atoms with van der Waals surface area (Å²) >= 11 is 0. The highest BCUT2D eigenvalue weighted by atomic mass is 31.3. The number of carbonyl (C=O) groups excluding carboxylic acids is 6. The molecule has 2 amide bonds. The second-order valence-electron chi connectivity index (χ2n) is 38.1. The Balaban J connectivity index is 3.12. The normalized spacial score (nSPS) is 21.2. The van der Waals surface area contributed by atoms with Gasteiger partial charge in [-0.1, -0.05) is 382 Å². The van der Waals surface area contributed by atoms with Crippen molar-refractivity contribution in [3.05, 3.63) is 0 Å². The molecular weight excluding hydrogens is 1830 g/mol. The van der Waals surface area contributed by atoms with Gasteiger partial charge in [-0.05, 0) is 57.8 Å². The van der Waals surface area contributed by atoms with E-state index in [0.29, 0.717) is 51.4 Å². The molecule has 2 fully saturated rings. The zero-order valence-corrected chi connectivity index (χ0v) is 88.5. The maximum absolute atomic E-state index is 15.5. The van der Waals surface area contributed by atoms with E-state index in [1.807, 2.05) is 0 Å². The van der Waals surface area contributed by atoms with Gasteiger partial charge in [-0.25, -0.2) is 18.0 Å². The van der Waals surface area contributed by atoms with E-state index in [2.05, 4.69) is 52.2 Å². The maximum Gasteiger partial charge on any atom is 0.481 e. The Morgan fingerprint density at radius 2 is 0.691 bits per heavy atom. The molecule has 12 N–H and O–H groups in total. The van der Waals surface area contributed by atoms with E-state index < -0.39 is 204 Å². The van der Waals surface area contributed by atoms with Crippen molar-refractivity contribution in [3.63, 3.8) is 0 Å². The van der Waals surface area contributed by atoms with Gasteiger partial charge in [0.05, 0.1) is 63.9 Å². The molecule has 0 aromatic heterocycles. The summed E-state index contributed by atoms with van der Waals surface area (Å²) in [4.78, 5) is 133. The molecule has 0 bridgehead atoms. The third kappa shape index (κ3) is 66.2. The molecule has 8 unspecified atom stereocenters. The molecule has 33 nitrogen and oxygen atoms in total. The van der Waals surface area contributed by atoms with Crippen LogP contribution in [0.1, 0.15) is 479 Å². The van der Waals surface area contributed by atoms with E-state index in [0.717, 1.165) is 289 Å². The van der Waals surface area contributed by atoms with Gasteiger partial charge in [-0.2, -0.15) is 4.31 Å². The molecule has 2 aliphatic heterocycles. The van der Waals surface area contributed by atoms with Crippen molar-refractivity contribution in [2.75, 3.05) is 32.5 Å². The quantitative estimate of drug-likeness (QED) is 0.0117. The number of nitrogens with two attached hydrogens (primary N) is 1. The van der Waals surface area contributed by atoms with E-state index >= 15 is 9.59 Å². The van der Waals surface area contributed by atoms with Crippen molar-refractivity contribution in [1.29, 1.82) is 0 Å². The number of hydrogen-bond donors (Lipinski definition) is 11. The van der Waals surface area contributed by atoms with Crippen LogP contribution in [0.2, 0.25) is 0 Å². The average Bonchev–Trinajstić information content (AvgIpc) is 0.775. The molecule has 802 valence electrons. The summed E-state index contributed by atoms with van der Waals surface area (Å²) in [6, 6.07) is -4.21. The molecule has 0 aromatic rings. The summed E-state index contributed by atoms with van der Waals surface area (Å²) in [7, 11) is -22.6. The van der Waals surface area contributed by atoms with E-state index in [9.17, 15) is 77.4 Å². The zero-order valence-electron chi connectivity index (χ0n) is 84.9. The molecule has 18 atom stereocenters. The first-order valence-corrected chi connectivity index (χ1v) is 60.0. The summed E-state index contributed by atoms with van der Waals surface area (Å²) in [6.07, 6.45) is 28.3. The number of phosphoric acid groups is 3. The second-order valence-corrected chi connectivity index (χ2v) is 44.6. The van der Waals surface area contributed by atoms with Gasteiger partial charge < -0.3 is 89.5 Å². The van der Waals surface area contributed by atoms with E-state index in [1.165, 1.54) is 26.2 Å². The van der Waals surface area contributed by atoms with Crippen molar-refractivity contribution < 1.29 is 142 Å². The van der Waals surface area contributed by atoms with Gasteiger partial charge in [0, 0.05) is 19.4 Å². The molecule has 2 saturated heterocycles. The van der Waals surface area contributed by atoms with Gasteiger partial charge in [-0.15, -0.1) is 0 Å². The Kier molecular flexibility index (Phi) is 77.2. The number of hydrogen-bond acceptors (Lipinski definition) is 27. The summed E-state index contributed by atoms with van der Waals surface area (Å²) in [5.74, 6) is -5.55. The molecular formula is C99H191N3O30P4. The van der Waals surface area contributed by atoms with Crippen LogP contribution in [0.4, 0.5) is 0 Å². The standard InChI is InChI=1S/C99H191N3O30P4/c1-8-15-21-27-33-39-40-46-52-58-64-70-89(109)124-83(68-62-56-50-44-37-31-25-19-12-5)77-91(111)128-97-93(102-87(107)76-82(67-61-55-49-43-36-30-24-18-11-4)123-88(108)69-63-57-51-45-38-32-26-20-13-6)98(125-84(78-103)95(97)129-135(117,118)132-134(115,116)122-72-71-100)121-79-85-94(112)96(127-90(110)75-81(105)66-60-54-48-42-35-29-23-17-10-3)92(99(126-85)130-136(119,120)131-133(113,114)73-14-7)101-86(106)74-80(104)65-59-53-47-41-34-28-22-16-9-2/h80-85,92-99,103-105,112H,8-79,100H2,1-7H3,(H,101,106)(H,102,107)(H,113,114)(H,115,116)(H,117,118)(H,119,120)/t80-,81-,82-,83-,84?,85?,92?,93?,94-,95-,96-,97-,98-,99-/m1/s1. The van der Waals surface area contributed by atoms with E-state index in [-0.39, 0.29) is 51.5 Å². The van der Waals surface area contributed by atoms with Crippen molar-refractivity contribution >= 4 is 66.8 Å². The van der Waals surface area contributed by atoms with Crippen molar-refractivity contribution in [2.24, 2.45) is 5.73 Å². The number of nitrogens with one attached hydrogen (secondary N) is 2. The van der Waals surface area contributed by atoms with Gasteiger partial charge >= 0.3 is 54.9 Å². The fourth-order valence-corrected chi connectivity index (χ4v) is 22.5. The lowest BCUT2D eigenvalue weighted by Crippen LogP contribution is -2.68. The molecule has 0 radical (unpaired) electrons. The fourth-order valence-electron chi connectivity index (χ4n) is 17.4. The lowest BCUT2D eigenvalue weighted by molar-refractivity contribution is -0.296. The highest BCUT2D eigenvalue weighted by molar-refractivity contribution is 7.64. The lowest BCUT2D eigenvalue weighted by Gasteiger charge is -2.47. The molecule has 0 spiro atoms. The van der Waals surface area contributed by atoms with Crippen LogP contribution < -0.4 is 16.4 Å². The van der Waals surface area contributed by atoms with Crippen LogP contribution in [-0.2, 0) is 102 Å². The Labute approximate surface area is 818 Å². The molecule has 37 heteroatoms. The Morgan fingerprint density at radius 3 is 1.08 bits per heavy atom. The predicted octanol–water partition coefficient (Wildman–Crippen LogP) is 22.3. The monoisotopic (exact) mass is 2030 g/mol. The van der Waals surface area contributed by atoms with E-state index in [4.69, 9.17) is 61.1 Å². The summed E-state index contributed by atoms with van der Waals surface area (Å²) in [5, 5.41) is 52.5. The van der Waals surface area contributed by atoms with Crippen LogP contribution in [-0.4, -0.2) is 194 Å². The van der Waals surface area contributed by atoms with E-state index in [1.54, 1.807) is 0 Å². The number of rotatable bonds is 93. The molecule has 2 rings (SSSR count). The summed E-state index contributed by atoms with van der Waals surface area (Å²) in [5.41, 5.74) is 5.56. The number of esters is 4. The first kappa shape index (κ1) is 129. The van der Waals surface area contributed by atoms with Crippen molar-refractivity contribution in [3.8, 4) is 0 Å². The minimum atomic E-state index is -6.09. The van der Waals surface area contributed by atoms with Gasteiger partial charge in [0.1, 0.15) is 48.7 Å². The molecule has 2 heterocycles. The number of carbonyl (C=O) groups is 6. The van der Waals surface area contributed by atoms with Crippen LogP contribution in [0.25, 0.3) is 0 Å². The molecule has 2 aliphatic rings. The van der Waals surface area contributed by atoms with Crippen molar-refractivity contribution in [1.82, 2.24) is 10.6 Å². The second kappa shape index (κ2) is 81.3. The molecule has 0 saturated carbocycles. The average molecular weight is 2030 g/mol. The number of aliphatic hydroxyl groups excluding tert-OH is 4. The number of ether oxygens (including phenoxy) is 7. The fraction of sp³-hybridized carbons (Fsp3) is 0.939. The zero-order chi connectivity index (χ0) is 100. The predicted molar refractivity (Wildman–Crippen MR) is 528 cm³/mol. The van der Waals surface area contributed by atoms with Crippen LogP contribution in [0.5, 0.6) is 0 Å². The SMILES string of the molecule is CCCCCCCCCCCCCC(=O)O[C@H](CCCCCCCCCCC)CC(=O)O[C@@H]1C(NC(=O)C[C@@H](CCCCCCCCCCC)OC(=O)CCCCCCCCCCC)[C@H](OCC2O[C@H](OP(=O)(O)OP(=O)(O)CCC)C(NC(=O)C[C@H](O)CCCCCCCCCCC)[C@@H](OC(=O)C[C@H](O)CCCCCCCCCCC)[C@@H]2O)OC(CO)[C@H]1OP(=O)(O)OP(=O)(O)OCCN. The van der Waals surface area contributed by atoms with Gasteiger partial charge in [0.2, 0.25) is 11.8 Å². The number of phosphoric ester groups is 3. The van der Waals surface area contributed by atoms with Crippen LogP contribution >= 0.6 is 31.1 Å². The minimum absolute atomic E-state index is 0.0133. The molecule has 0 aliphatic carbocycles. The Morgan fingerprint density at radius 1 is 0.360 bits per heavy atom. The largest absolute Gasteiger partial charge is 0.481 e. The summed E-state index contributed by atoms with van der Waals surface area (Å²) in [6.45, 7) is 10.9. The van der Waals surface area contributed by atoms with Gasteiger partial charge in [-0.3, -0.25) is 46.9 Å². The topological polar surface area (TPSA) is 493 Å².